The van der Waals surface area contributed by atoms with Crippen molar-refractivity contribution in [1.82, 2.24) is 9.97 Å². The molecule has 140 valence electrons. The van der Waals surface area contributed by atoms with Crippen LogP contribution in [0.1, 0.15) is 11.1 Å². The van der Waals surface area contributed by atoms with Crippen molar-refractivity contribution in [3.8, 4) is 0 Å². The SMILES string of the molecule is OC1=C(c2c[nH]c3ccccc23)C(O)C(O)=C(c2c[nH]c3ccccc23)C1O. The number of aromatic amines is 2. The first-order valence-electron chi connectivity index (χ1n) is 8.93. The quantitative estimate of drug-likeness (QED) is 0.322. The van der Waals surface area contributed by atoms with Crippen LogP contribution in [0.2, 0.25) is 0 Å². The molecule has 1 aliphatic carbocycles. The first kappa shape index (κ1) is 16.7. The van der Waals surface area contributed by atoms with Crippen molar-refractivity contribution in [2.45, 2.75) is 12.2 Å². The maximum absolute atomic E-state index is 10.8. The summed E-state index contributed by atoms with van der Waals surface area (Å²) in [5, 5.41) is 44.8. The van der Waals surface area contributed by atoms with E-state index < -0.39 is 12.2 Å². The summed E-state index contributed by atoms with van der Waals surface area (Å²) in [4.78, 5) is 6.16. The second-order valence-corrected chi connectivity index (χ2v) is 6.90. The Morgan fingerprint density at radius 2 is 1.00 bits per heavy atom. The number of benzene rings is 2. The van der Waals surface area contributed by atoms with E-state index in [1.807, 2.05) is 48.5 Å². The largest absolute Gasteiger partial charge is 0.509 e. The third kappa shape index (κ3) is 2.22. The summed E-state index contributed by atoms with van der Waals surface area (Å²) in [6.45, 7) is 0. The first-order valence-corrected chi connectivity index (χ1v) is 8.93. The van der Waals surface area contributed by atoms with E-state index in [0.29, 0.717) is 11.1 Å². The molecule has 28 heavy (non-hydrogen) atoms. The summed E-state index contributed by atoms with van der Waals surface area (Å²) in [7, 11) is 0. The minimum atomic E-state index is -1.47. The van der Waals surface area contributed by atoms with Crippen LogP contribution in [0, 0.1) is 0 Å². The van der Waals surface area contributed by atoms with Crippen molar-refractivity contribution in [3.63, 3.8) is 0 Å². The summed E-state index contributed by atoms with van der Waals surface area (Å²) in [6.07, 6.45) is 0.365. The minimum absolute atomic E-state index is 0.0889. The van der Waals surface area contributed by atoms with Gasteiger partial charge in [0.25, 0.3) is 0 Å². The van der Waals surface area contributed by atoms with Gasteiger partial charge < -0.3 is 30.4 Å². The van der Waals surface area contributed by atoms with Crippen LogP contribution in [-0.2, 0) is 0 Å². The van der Waals surface area contributed by atoms with Crippen molar-refractivity contribution in [2.75, 3.05) is 0 Å². The maximum Gasteiger partial charge on any atom is 0.140 e. The highest BCUT2D eigenvalue weighted by molar-refractivity contribution is 6.00. The lowest BCUT2D eigenvalue weighted by molar-refractivity contribution is 0.157. The number of aromatic nitrogens is 2. The highest BCUT2D eigenvalue weighted by Crippen LogP contribution is 2.42. The number of H-pyrrole nitrogens is 2. The number of rotatable bonds is 2. The Kier molecular flexibility index (Phi) is 3.58. The van der Waals surface area contributed by atoms with Gasteiger partial charge in [-0.1, -0.05) is 36.4 Å². The number of aliphatic hydroxyl groups is 4. The van der Waals surface area contributed by atoms with E-state index in [2.05, 4.69) is 9.97 Å². The standard InChI is InChI=1S/C22H18N2O4/c25-19-17(13-9-23-15-7-3-1-5-11(13)15)20(26)22(28)18(21(19)27)14-10-24-16-8-4-2-6-12(14)16/h1-10,19,22-28H. The van der Waals surface area contributed by atoms with Gasteiger partial charge in [0.1, 0.15) is 23.7 Å². The van der Waals surface area contributed by atoms with E-state index in [9.17, 15) is 20.4 Å². The van der Waals surface area contributed by atoms with E-state index in [-0.39, 0.29) is 22.7 Å². The minimum Gasteiger partial charge on any atom is -0.509 e. The molecule has 2 unspecified atom stereocenters. The van der Waals surface area contributed by atoms with Crippen LogP contribution in [0.4, 0.5) is 0 Å². The molecule has 2 aromatic carbocycles. The normalized spacial score (nSPS) is 20.5. The fraction of sp³-hybridized carbons (Fsp3) is 0.0909. The molecule has 2 aromatic heterocycles. The van der Waals surface area contributed by atoms with Gasteiger partial charge in [0, 0.05) is 56.5 Å². The lowest BCUT2D eigenvalue weighted by atomic mass is 9.84. The topological polar surface area (TPSA) is 113 Å². The molecule has 4 aromatic rings. The van der Waals surface area contributed by atoms with Gasteiger partial charge in [-0.3, -0.25) is 0 Å². The molecule has 0 aliphatic heterocycles. The maximum atomic E-state index is 10.8. The van der Waals surface area contributed by atoms with E-state index in [1.165, 1.54) is 0 Å². The van der Waals surface area contributed by atoms with E-state index >= 15 is 0 Å². The monoisotopic (exact) mass is 374 g/mol. The number of hydrogen-bond acceptors (Lipinski definition) is 4. The molecule has 0 bridgehead atoms. The fourth-order valence-corrected chi connectivity index (χ4v) is 4.01. The van der Waals surface area contributed by atoms with Crippen molar-refractivity contribution < 1.29 is 20.4 Å². The number of nitrogens with one attached hydrogen (secondary N) is 2. The van der Waals surface area contributed by atoms with E-state index in [1.54, 1.807) is 12.4 Å². The molecule has 6 N–H and O–H groups in total. The fourth-order valence-electron chi connectivity index (χ4n) is 4.01. The molecule has 0 saturated carbocycles. The van der Waals surface area contributed by atoms with E-state index in [4.69, 9.17) is 0 Å². The van der Waals surface area contributed by atoms with Crippen LogP contribution >= 0.6 is 0 Å². The molecular formula is C22H18N2O4. The van der Waals surface area contributed by atoms with E-state index in [0.717, 1.165) is 21.8 Å². The smallest absolute Gasteiger partial charge is 0.140 e. The van der Waals surface area contributed by atoms with Crippen LogP contribution in [0.25, 0.3) is 33.0 Å². The van der Waals surface area contributed by atoms with Crippen LogP contribution in [0.3, 0.4) is 0 Å². The molecule has 6 nitrogen and oxygen atoms in total. The Hall–Kier alpha value is -3.48. The predicted octanol–water partition coefficient (Wildman–Crippen LogP) is 3.62. The molecule has 2 heterocycles. The van der Waals surface area contributed by atoms with Crippen molar-refractivity contribution in [1.29, 1.82) is 0 Å². The third-order valence-corrected chi connectivity index (χ3v) is 5.38. The second kappa shape index (κ2) is 6.02. The van der Waals surface area contributed by atoms with Gasteiger partial charge in [0.05, 0.1) is 0 Å². The zero-order valence-corrected chi connectivity index (χ0v) is 14.7. The molecule has 2 atom stereocenters. The predicted molar refractivity (Wildman–Crippen MR) is 108 cm³/mol. The molecule has 0 saturated heterocycles. The Labute approximate surface area is 159 Å². The molecule has 0 fully saturated rings. The first-order chi connectivity index (χ1) is 13.6. The van der Waals surface area contributed by atoms with Gasteiger partial charge in [-0.25, -0.2) is 0 Å². The zero-order chi connectivity index (χ0) is 19.4. The van der Waals surface area contributed by atoms with Gasteiger partial charge in [-0.05, 0) is 12.1 Å². The van der Waals surface area contributed by atoms with Crippen molar-refractivity contribution in [2.24, 2.45) is 0 Å². The van der Waals surface area contributed by atoms with Crippen molar-refractivity contribution >= 4 is 33.0 Å². The number of hydrogen-bond donors (Lipinski definition) is 6. The Bertz CT molecular complexity index is 1180. The lowest BCUT2D eigenvalue weighted by Crippen LogP contribution is -2.29. The van der Waals surface area contributed by atoms with Crippen molar-refractivity contribution in [3.05, 3.63) is 83.6 Å². The molecule has 0 radical (unpaired) electrons. The summed E-state index contributed by atoms with van der Waals surface area (Å²) in [5.41, 5.74) is 2.89. The molecular weight excluding hydrogens is 356 g/mol. The molecule has 0 spiro atoms. The van der Waals surface area contributed by atoms with Crippen LogP contribution < -0.4 is 0 Å². The Morgan fingerprint density at radius 3 is 1.43 bits per heavy atom. The molecule has 0 amide bonds. The van der Waals surface area contributed by atoms with Gasteiger partial charge in [0.15, 0.2) is 0 Å². The third-order valence-electron chi connectivity index (χ3n) is 5.38. The van der Waals surface area contributed by atoms with Gasteiger partial charge in [-0.2, -0.15) is 0 Å². The average Bonchev–Trinajstić information content (AvgIpc) is 3.32. The molecule has 5 rings (SSSR count). The van der Waals surface area contributed by atoms with Crippen LogP contribution in [-0.4, -0.2) is 42.6 Å². The number of aliphatic hydroxyl groups excluding tert-OH is 4. The second-order valence-electron chi connectivity index (χ2n) is 6.90. The molecule has 6 heteroatoms. The summed E-state index contributed by atoms with van der Waals surface area (Å²) < 4.78 is 0. The molecule has 1 aliphatic rings. The average molecular weight is 374 g/mol. The van der Waals surface area contributed by atoms with Gasteiger partial charge >= 0.3 is 0 Å². The Balaban J connectivity index is 1.69. The van der Waals surface area contributed by atoms with Gasteiger partial charge in [-0.15, -0.1) is 0 Å². The van der Waals surface area contributed by atoms with Crippen LogP contribution in [0.5, 0.6) is 0 Å². The summed E-state index contributed by atoms with van der Waals surface area (Å²) in [5.74, 6) is -0.759. The highest BCUT2D eigenvalue weighted by Gasteiger charge is 2.38. The van der Waals surface area contributed by atoms with Gasteiger partial charge in [0.2, 0.25) is 0 Å². The lowest BCUT2D eigenvalue weighted by Gasteiger charge is -2.28. The number of fused-ring (bicyclic) bond motifs is 2. The zero-order valence-electron chi connectivity index (χ0n) is 14.7. The summed E-state index contributed by atoms with van der Waals surface area (Å²) in [6, 6.07) is 14.9. The Morgan fingerprint density at radius 1 is 0.607 bits per heavy atom. The summed E-state index contributed by atoms with van der Waals surface area (Å²) >= 11 is 0. The number of para-hydroxylation sites is 2. The highest BCUT2D eigenvalue weighted by atomic mass is 16.3. The van der Waals surface area contributed by atoms with Crippen LogP contribution in [0.15, 0.2) is 72.4 Å².